The minimum absolute atomic E-state index is 0.00520. The quantitative estimate of drug-likeness (QED) is 0.207. The Hall–Kier alpha value is -3.24. The summed E-state index contributed by atoms with van der Waals surface area (Å²) in [6.45, 7) is 8.51. The maximum Gasteiger partial charge on any atom is 0.272 e. The molecule has 0 aliphatic carbocycles. The normalized spacial score (nSPS) is 11.6. The van der Waals surface area contributed by atoms with Gasteiger partial charge in [0, 0.05) is 33.6 Å². The van der Waals surface area contributed by atoms with Gasteiger partial charge in [-0.2, -0.15) is 0 Å². The fourth-order valence-electron chi connectivity index (χ4n) is 3.52. The summed E-state index contributed by atoms with van der Waals surface area (Å²) in [4.78, 5) is 28.5. The van der Waals surface area contributed by atoms with E-state index in [1.54, 1.807) is 30.3 Å². The lowest BCUT2D eigenvalue weighted by molar-refractivity contribution is 0.00361. The molecule has 200 valence electrons. The van der Waals surface area contributed by atoms with Crippen molar-refractivity contribution in [3.8, 4) is 5.75 Å². The number of carbonyl (C=O) groups is 2. The first-order chi connectivity index (χ1) is 17.8. The van der Waals surface area contributed by atoms with Gasteiger partial charge < -0.3 is 34.4 Å². The van der Waals surface area contributed by atoms with Crippen molar-refractivity contribution in [1.82, 2.24) is 4.98 Å². The third-order valence-electron chi connectivity index (χ3n) is 5.38. The molecule has 2 aromatic carbocycles. The number of carbonyl (C=O) groups excluding carboxylic acids is 2. The molecular formula is C28H36N2O7. The van der Waals surface area contributed by atoms with Gasteiger partial charge in [0.2, 0.25) is 0 Å². The van der Waals surface area contributed by atoms with Crippen LogP contribution in [0.3, 0.4) is 0 Å². The third-order valence-corrected chi connectivity index (χ3v) is 5.38. The lowest BCUT2D eigenvalue weighted by Crippen LogP contribution is -2.19. The van der Waals surface area contributed by atoms with Crippen molar-refractivity contribution in [3.63, 3.8) is 0 Å². The Bertz CT molecular complexity index is 1170. The summed E-state index contributed by atoms with van der Waals surface area (Å²) < 4.78 is 21.6. The van der Waals surface area contributed by atoms with Gasteiger partial charge in [-0.1, -0.05) is 26.8 Å². The fourth-order valence-corrected chi connectivity index (χ4v) is 3.52. The highest BCUT2D eigenvalue weighted by Gasteiger charge is 2.23. The second-order valence-corrected chi connectivity index (χ2v) is 9.46. The first-order valence-electron chi connectivity index (χ1n) is 12.3. The number of hydrogen-bond donors (Lipinski definition) is 3. The standard InChI is InChI=1S/C28H36N2O7/c1-28(2,3)26(32)20-7-8-24-21(17-20)18-25(30-24)27(33)29-22-5-4-6-23(19-22)37-16-15-36-14-13-35-12-11-34-10-9-31/h4-8,17-19,30-31H,9-16H2,1-3H3,(H,29,33). The topological polar surface area (TPSA) is 119 Å². The van der Waals surface area contributed by atoms with Crippen LogP contribution in [0.1, 0.15) is 41.6 Å². The molecule has 0 radical (unpaired) electrons. The number of anilines is 1. The van der Waals surface area contributed by atoms with E-state index in [1.807, 2.05) is 39.0 Å². The number of rotatable bonds is 15. The van der Waals surface area contributed by atoms with Crippen molar-refractivity contribution in [3.05, 3.63) is 59.8 Å². The van der Waals surface area contributed by atoms with Gasteiger partial charge >= 0.3 is 0 Å². The zero-order valence-corrected chi connectivity index (χ0v) is 21.7. The molecular weight excluding hydrogens is 476 g/mol. The van der Waals surface area contributed by atoms with Crippen LogP contribution in [0, 0.1) is 5.41 Å². The molecule has 1 aromatic heterocycles. The highest BCUT2D eigenvalue weighted by Crippen LogP contribution is 2.25. The first kappa shape index (κ1) is 28.3. The molecule has 0 aliphatic rings. The molecule has 37 heavy (non-hydrogen) atoms. The van der Waals surface area contributed by atoms with Crippen LogP contribution >= 0.6 is 0 Å². The van der Waals surface area contributed by atoms with E-state index < -0.39 is 5.41 Å². The molecule has 0 bridgehead atoms. The van der Waals surface area contributed by atoms with E-state index in [0.29, 0.717) is 68.9 Å². The molecule has 0 saturated carbocycles. The number of aliphatic hydroxyl groups excluding tert-OH is 1. The van der Waals surface area contributed by atoms with Gasteiger partial charge in [0.1, 0.15) is 18.1 Å². The molecule has 9 nitrogen and oxygen atoms in total. The molecule has 3 rings (SSSR count). The van der Waals surface area contributed by atoms with E-state index in [2.05, 4.69) is 10.3 Å². The van der Waals surface area contributed by atoms with Crippen LogP contribution in [0.15, 0.2) is 48.5 Å². The van der Waals surface area contributed by atoms with E-state index in [4.69, 9.17) is 24.1 Å². The van der Waals surface area contributed by atoms with E-state index >= 15 is 0 Å². The van der Waals surface area contributed by atoms with Crippen LogP contribution < -0.4 is 10.1 Å². The smallest absolute Gasteiger partial charge is 0.272 e. The Morgan fingerprint density at radius 1 is 0.865 bits per heavy atom. The van der Waals surface area contributed by atoms with E-state index in [1.165, 1.54) is 0 Å². The van der Waals surface area contributed by atoms with Crippen molar-refractivity contribution < 1.29 is 33.6 Å². The van der Waals surface area contributed by atoms with Crippen LogP contribution in [0.2, 0.25) is 0 Å². The van der Waals surface area contributed by atoms with Crippen molar-refractivity contribution in [2.24, 2.45) is 5.41 Å². The lowest BCUT2D eigenvalue weighted by atomic mass is 9.86. The third kappa shape index (κ3) is 8.98. The molecule has 0 atom stereocenters. The van der Waals surface area contributed by atoms with Crippen molar-refractivity contribution >= 4 is 28.3 Å². The predicted octanol–water partition coefficient (Wildman–Crippen LogP) is 4.07. The number of aromatic nitrogens is 1. The number of nitrogens with one attached hydrogen (secondary N) is 2. The second kappa shape index (κ2) is 13.9. The van der Waals surface area contributed by atoms with Gasteiger partial charge in [0.25, 0.3) is 5.91 Å². The number of ether oxygens (including phenoxy) is 4. The van der Waals surface area contributed by atoms with Crippen LogP contribution in [0.25, 0.3) is 10.9 Å². The van der Waals surface area contributed by atoms with Gasteiger partial charge in [-0.05, 0) is 36.4 Å². The Kier molecular flexibility index (Phi) is 10.6. The molecule has 1 amide bonds. The molecule has 0 unspecified atom stereocenters. The molecule has 9 heteroatoms. The molecule has 0 aliphatic heterocycles. The Balaban J connectivity index is 1.44. The average molecular weight is 513 g/mol. The van der Waals surface area contributed by atoms with Crippen molar-refractivity contribution in [2.45, 2.75) is 20.8 Å². The summed E-state index contributed by atoms with van der Waals surface area (Å²) in [5, 5.41) is 12.3. The van der Waals surface area contributed by atoms with E-state index in [-0.39, 0.29) is 18.3 Å². The first-order valence-corrected chi connectivity index (χ1v) is 12.3. The number of ketones is 1. The number of hydrogen-bond acceptors (Lipinski definition) is 7. The summed E-state index contributed by atoms with van der Waals surface area (Å²) in [5.41, 5.74) is 1.93. The van der Waals surface area contributed by atoms with Crippen LogP contribution in [0.4, 0.5) is 5.69 Å². The summed E-state index contributed by atoms with van der Waals surface area (Å²) in [6.07, 6.45) is 0. The number of aliphatic hydroxyl groups is 1. The molecule has 0 fully saturated rings. The number of H-pyrrole nitrogens is 1. The highest BCUT2D eigenvalue weighted by molar-refractivity contribution is 6.07. The molecule has 1 heterocycles. The molecule has 3 N–H and O–H groups in total. The number of amides is 1. The maximum absolute atomic E-state index is 12.8. The highest BCUT2D eigenvalue weighted by atomic mass is 16.6. The Morgan fingerprint density at radius 3 is 2.22 bits per heavy atom. The van der Waals surface area contributed by atoms with Crippen LogP contribution in [0.5, 0.6) is 5.75 Å². The van der Waals surface area contributed by atoms with Gasteiger partial charge in [-0.15, -0.1) is 0 Å². The van der Waals surface area contributed by atoms with Gasteiger partial charge in [-0.25, -0.2) is 0 Å². The van der Waals surface area contributed by atoms with Gasteiger partial charge in [0.05, 0.1) is 46.2 Å². The number of fused-ring (bicyclic) bond motifs is 1. The monoisotopic (exact) mass is 512 g/mol. The lowest BCUT2D eigenvalue weighted by Gasteiger charge is -2.16. The minimum Gasteiger partial charge on any atom is -0.491 e. The Labute approximate surface area is 217 Å². The maximum atomic E-state index is 12.8. The summed E-state index contributed by atoms with van der Waals surface area (Å²) >= 11 is 0. The fraction of sp³-hybridized carbons (Fsp3) is 0.429. The predicted molar refractivity (Wildman–Crippen MR) is 142 cm³/mol. The van der Waals surface area contributed by atoms with Crippen LogP contribution in [-0.4, -0.2) is 74.6 Å². The number of aromatic amines is 1. The SMILES string of the molecule is CC(C)(C)C(=O)c1ccc2[nH]c(C(=O)Nc3cccc(OCCOCCOCCOCCO)c3)cc2c1. The zero-order chi connectivity index (χ0) is 26.7. The number of benzene rings is 2. The average Bonchev–Trinajstić information content (AvgIpc) is 3.30. The molecule has 0 saturated heterocycles. The molecule has 0 spiro atoms. The summed E-state index contributed by atoms with van der Waals surface area (Å²) in [7, 11) is 0. The summed E-state index contributed by atoms with van der Waals surface area (Å²) in [6, 6.07) is 14.3. The van der Waals surface area contributed by atoms with Crippen molar-refractivity contribution in [1.29, 1.82) is 0 Å². The Morgan fingerprint density at radius 2 is 1.54 bits per heavy atom. The van der Waals surface area contributed by atoms with Crippen LogP contribution in [-0.2, 0) is 14.2 Å². The minimum atomic E-state index is -0.477. The van der Waals surface area contributed by atoms with Gasteiger partial charge in [-0.3, -0.25) is 9.59 Å². The van der Waals surface area contributed by atoms with E-state index in [9.17, 15) is 9.59 Å². The largest absolute Gasteiger partial charge is 0.491 e. The van der Waals surface area contributed by atoms with Crippen molar-refractivity contribution in [2.75, 3.05) is 58.2 Å². The molecule has 3 aromatic rings. The second-order valence-electron chi connectivity index (χ2n) is 9.46. The number of Topliss-reactive ketones (excluding diaryl/α,β-unsaturated/α-hetero) is 1. The zero-order valence-electron chi connectivity index (χ0n) is 21.7. The van der Waals surface area contributed by atoms with E-state index in [0.717, 1.165) is 10.9 Å². The summed E-state index contributed by atoms with van der Waals surface area (Å²) in [5.74, 6) is 0.375. The van der Waals surface area contributed by atoms with Gasteiger partial charge in [0.15, 0.2) is 5.78 Å².